The van der Waals surface area contributed by atoms with Crippen molar-refractivity contribution in [2.24, 2.45) is 0 Å². The number of likely N-dealkylation sites (N-methyl/N-ethyl adjacent to an activating group) is 1. The van der Waals surface area contributed by atoms with Gasteiger partial charge in [-0.05, 0) is 13.5 Å². The second-order valence-electron chi connectivity index (χ2n) is 4.40. The second-order valence-corrected chi connectivity index (χ2v) is 4.40. The minimum absolute atomic E-state index is 0.567. The van der Waals surface area contributed by atoms with Gasteiger partial charge in [0.2, 0.25) is 0 Å². The summed E-state index contributed by atoms with van der Waals surface area (Å²) in [6, 6.07) is 2.13. The third-order valence-corrected chi connectivity index (χ3v) is 2.61. The number of rotatable bonds is 14. The lowest BCUT2D eigenvalue weighted by Crippen LogP contribution is -2.24. The zero-order valence-electron chi connectivity index (χ0n) is 12.4. The van der Waals surface area contributed by atoms with Gasteiger partial charge in [-0.3, -0.25) is 0 Å². The average Bonchev–Trinajstić information content (AvgIpc) is 2.42. The molecule has 0 aliphatic heterocycles. The van der Waals surface area contributed by atoms with Crippen LogP contribution in [0.5, 0.6) is 0 Å². The zero-order chi connectivity index (χ0) is 14.2. The maximum Gasteiger partial charge on any atom is 0.0701 e. The van der Waals surface area contributed by atoms with Crippen LogP contribution in [0, 0.1) is 11.3 Å². The summed E-state index contributed by atoms with van der Waals surface area (Å²) in [5.41, 5.74) is 0. The zero-order valence-corrected chi connectivity index (χ0v) is 12.4. The van der Waals surface area contributed by atoms with Crippen molar-refractivity contribution in [1.82, 2.24) is 4.90 Å². The van der Waals surface area contributed by atoms with E-state index in [1.54, 1.807) is 0 Å². The van der Waals surface area contributed by atoms with Crippen LogP contribution in [0.3, 0.4) is 0 Å². The molecule has 5 nitrogen and oxygen atoms in total. The van der Waals surface area contributed by atoms with Crippen LogP contribution in [0.2, 0.25) is 0 Å². The number of ether oxygens (including phenoxy) is 3. The monoisotopic (exact) mass is 272 g/mol. The van der Waals surface area contributed by atoms with E-state index in [2.05, 4.69) is 17.9 Å². The Morgan fingerprint density at radius 1 is 0.895 bits per heavy atom. The fourth-order valence-corrected chi connectivity index (χ4v) is 1.36. The summed E-state index contributed by atoms with van der Waals surface area (Å²) in [6.45, 7) is 7.82. The molecule has 0 unspecified atom stereocenters. The third kappa shape index (κ3) is 15.3. The quantitative estimate of drug-likeness (QED) is 0.450. The lowest BCUT2D eigenvalue weighted by atomic mass is 10.4. The van der Waals surface area contributed by atoms with Gasteiger partial charge in [-0.1, -0.05) is 13.3 Å². The number of hydrogen-bond acceptors (Lipinski definition) is 5. The molecule has 0 radical (unpaired) electrons. The van der Waals surface area contributed by atoms with Crippen LogP contribution < -0.4 is 0 Å². The van der Waals surface area contributed by atoms with E-state index in [0.29, 0.717) is 39.5 Å². The number of hydrogen-bond donors (Lipinski definition) is 0. The molecule has 0 N–H and O–H groups in total. The van der Waals surface area contributed by atoms with E-state index in [4.69, 9.17) is 19.5 Å². The maximum atomic E-state index is 8.44. The molecule has 0 bridgehead atoms. The molecule has 0 aromatic rings. The molecule has 0 aliphatic carbocycles. The first-order chi connectivity index (χ1) is 9.31. The van der Waals surface area contributed by atoms with E-state index in [1.165, 1.54) is 0 Å². The van der Waals surface area contributed by atoms with Crippen molar-refractivity contribution in [2.45, 2.75) is 26.2 Å². The molecule has 0 aromatic heterocycles. The summed E-state index contributed by atoms with van der Waals surface area (Å²) in [5.74, 6) is 0. The van der Waals surface area contributed by atoms with E-state index in [9.17, 15) is 0 Å². The van der Waals surface area contributed by atoms with Crippen molar-refractivity contribution in [3.8, 4) is 6.07 Å². The van der Waals surface area contributed by atoms with Crippen molar-refractivity contribution < 1.29 is 14.2 Å². The van der Waals surface area contributed by atoms with Gasteiger partial charge in [-0.15, -0.1) is 0 Å². The molecular weight excluding hydrogens is 244 g/mol. The molecule has 0 amide bonds. The van der Waals surface area contributed by atoms with Crippen LogP contribution in [0.1, 0.15) is 26.2 Å². The lowest BCUT2D eigenvalue weighted by Gasteiger charge is -2.14. The normalized spacial score (nSPS) is 10.8. The summed E-state index contributed by atoms with van der Waals surface area (Å²) in [6.07, 6.45) is 2.84. The van der Waals surface area contributed by atoms with Crippen LogP contribution in [0.15, 0.2) is 0 Å². The van der Waals surface area contributed by atoms with Gasteiger partial charge in [0.25, 0.3) is 0 Å². The molecule has 0 spiro atoms. The molecule has 0 heterocycles. The van der Waals surface area contributed by atoms with Crippen LogP contribution in [0.25, 0.3) is 0 Å². The van der Waals surface area contributed by atoms with Gasteiger partial charge in [0.05, 0.1) is 39.1 Å². The third-order valence-electron chi connectivity index (χ3n) is 2.61. The molecule has 19 heavy (non-hydrogen) atoms. The van der Waals surface area contributed by atoms with Gasteiger partial charge in [0.1, 0.15) is 0 Å². The SMILES string of the molecule is CCCCOCCOCCOCCN(C)CCC#N. The highest BCUT2D eigenvalue weighted by atomic mass is 16.5. The Bertz CT molecular complexity index is 219. The summed E-state index contributed by atoms with van der Waals surface area (Å²) >= 11 is 0. The Morgan fingerprint density at radius 2 is 1.47 bits per heavy atom. The minimum atomic E-state index is 0.567. The summed E-state index contributed by atoms with van der Waals surface area (Å²) in [7, 11) is 1.99. The van der Waals surface area contributed by atoms with Gasteiger partial charge in [0.15, 0.2) is 0 Å². The Labute approximate surface area is 117 Å². The fraction of sp³-hybridized carbons (Fsp3) is 0.929. The summed E-state index contributed by atoms with van der Waals surface area (Å²) in [5, 5.41) is 8.44. The van der Waals surface area contributed by atoms with Gasteiger partial charge in [0, 0.05) is 26.1 Å². The molecule has 0 rings (SSSR count). The van der Waals surface area contributed by atoms with Crippen molar-refractivity contribution in [1.29, 1.82) is 5.26 Å². The first-order valence-corrected chi connectivity index (χ1v) is 7.10. The molecule has 0 saturated carbocycles. The number of nitrogens with zero attached hydrogens (tertiary/aromatic N) is 2. The first-order valence-electron chi connectivity index (χ1n) is 7.10. The average molecular weight is 272 g/mol. The standard InChI is InChI=1S/C14H28N2O3/c1-3-4-9-17-11-13-19-14-12-18-10-8-16(2)7-5-6-15/h3-5,7-14H2,1-2H3. The van der Waals surface area contributed by atoms with E-state index in [-0.39, 0.29) is 0 Å². The minimum Gasteiger partial charge on any atom is -0.379 e. The van der Waals surface area contributed by atoms with Crippen LogP contribution in [-0.4, -0.2) is 64.7 Å². The highest BCUT2D eigenvalue weighted by Crippen LogP contribution is 1.89. The Kier molecular flexibility index (Phi) is 14.8. The predicted molar refractivity (Wildman–Crippen MR) is 75.1 cm³/mol. The van der Waals surface area contributed by atoms with Gasteiger partial charge < -0.3 is 19.1 Å². The van der Waals surface area contributed by atoms with Crippen molar-refractivity contribution in [3.05, 3.63) is 0 Å². The predicted octanol–water partition coefficient (Wildman–Crippen LogP) is 1.68. The summed E-state index contributed by atoms with van der Waals surface area (Å²) in [4.78, 5) is 2.09. The van der Waals surface area contributed by atoms with Crippen molar-refractivity contribution in [2.75, 3.05) is 59.8 Å². The Morgan fingerprint density at radius 3 is 2.05 bits per heavy atom. The summed E-state index contributed by atoms with van der Waals surface area (Å²) < 4.78 is 16.2. The van der Waals surface area contributed by atoms with Gasteiger partial charge in [-0.2, -0.15) is 5.26 Å². The van der Waals surface area contributed by atoms with E-state index < -0.39 is 0 Å². The molecule has 0 aliphatic rings. The molecular formula is C14H28N2O3. The molecule has 0 saturated heterocycles. The molecule has 0 atom stereocenters. The Balaban J connectivity index is 3.04. The van der Waals surface area contributed by atoms with Crippen LogP contribution in [-0.2, 0) is 14.2 Å². The van der Waals surface area contributed by atoms with E-state index in [0.717, 1.165) is 32.5 Å². The van der Waals surface area contributed by atoms with Crippen molar-refractivity contribution >= 4 is 0 Å². The van der Waals surface area contributed by atoms with Gasteiger partial charge >= 0.3 is 0 Å². The molecule has 0 fully saturated rings. The highest BCUT2D eigenvalue weighted by molar-refractivity contribution is 4.70. The number of unbranched alkanes of at least 4 members (excludes halogenated alkanes) is 1. The smallest absolute Gasteiger partial charge is 0.0701 e. The largest absolute Gasteiger partial charge is 0.379 e. The van der Waals surface area contributed by atoms with Crippen molar-refractivity contribution in [3.63, 3.8) is 0 Å². The second kappa shape index (κ2) is 15.4. The lowest BCUT2D eigenvalue weighted by molar-refractivity contribution is 0.0112. The highest BCUT2D eigenvalue weighted by Gasteiger charge is 1.97. The first kappa shape index (κ1) is 18.3. The number of nitriles is 1. The maximum absolute atomic E-state index is 8.44. The topological polar surface area (TPSA) is 54.7 Å². The van der Waals surface area contributed by atoms with Crippen LogP contribution >= 0.6 is 0 Å². The van der Waals surface area contributed by atoms with E-state index in [1.807, 2.05) is 7.05 Å². The fourth-order valence-electron chi connectivity index (χ4n) is 1.36. The Hall–Kier alpha value is -0.670. The van der Waals surface area contributed by atoms with Crippen LogP contribution in [0.4, 0.5) is 0 Å². The molecule has 112 valence electrons. The van der Waals surface area contributed by atoms with E-state index >= 15 is 0 Å². The molecule has 5 heteroatoms. The molecule has 0 aromatic carbocycles. The van der Waals surface area contributed by atoms with Gasteiger partial charge in [-0.25, -0.2) is 0 Å².